The van der Waals surface area contributed by atoms with Crippen molar-refractivity contribution in [2.75, 3.05) is 13.2 Å². The molecule has 3 nitrogen and oxygen atoms in total. The number of carbonyl (C=O) groups excluding carboxylic acids is 1. The topological polar surface area (TPSA) is 38.3 Å². The Labute approximate surface area is 136 Å². The highest BCUT2D eigenvalue weighted by Crippen LogP contribution is 2.15. The summed E-state index contributed by atoms with van der Waals surface area (Å²) in [7, 11) is 0. The third-order valence-corrected chi connectivity index (χ3v) is 3.57. The summed E-state index contributed by atoms with van der Waals surface area (Å²) in [6, 6.07) is 15.0. The number of benzene rings is 2. The van der Waals surface area contributed by atoms with Crippen molar-refractivity contribution >= 4 is 17.5 Å². The summed E-state index contributed by atoms with van der Waals surface area (Å²) in [5, 5.41) is 3.24. The second-order valence-corrected chi connectivity index (χ2v) is 5.39. The molecule has 0 unspecified atom stereocenters. The average Bonchev–Trinajstić information content (AvgIpc) is 2.53. The molecule has 0 aliphatic heterocycles. The van der Waals surface area contributed by atoms with Gasteiger partial charge in [0.15, 0.2) is 0 Å². The van der Waals surface area contributed by atoms with E-state index >= 15 is 0 Å². The molecule has 0 aromatic heterocycles. The second kappa shape index (κ2) is 8.44. The Bertz CT molecular complexity index is 611. The molecule has 0 aliphatic rings. The number of hydrogen-bond donors (Lipinski definition) is 1. The predicted octanol–water partition coefficient (Wildman–Crippen LogP) is 4.10. The van der Waals surface area contributed by atoms with Crippen LogP contribution in [-0.4, -0.2) is 19.1 Å². The largest absolute Gasteiger partial charge is 0.492 e. The van der Waals surface area contributed by atoms with E-state index in [0.717, 1.165) is 18.6 Å². The van der Waals surface area contributed by atoms with E-state index in [9.17, 15) is 4.79 Å². The molecule has 0 fully saturated rings. The van der Waals surface area contributed by atoms with Gasteiger partial charge in [-0.05, 0) is 36.2 Å². The molecule has 2 aromatic carbocycles. The Morgan fingerprint density at radius 3 is 2.55 bits per heavy atom. The Morgan fingerprint density at radius 2 is 1.86 bits per heavy atom. The summed E-state index contributed by atoms with van der Waals surface area (Å²) in [6.45, 7) is 3.01. The second-order valence-electron chi connectivity index (χ2n) is 4.98. The van der Waals surface area contributed by atoms with Crippen LogP contribution in [0.5, 0.6) is 5.75 Å². The maximum absolute atomic E-state index is 11.9. The molecule has 1 amide bonds. The summed E-state index contributed by atoms with van der Waals surface area (Å²) in [6.07, 6.45) is 2.21. The molecular formula is C18H20ClNO2. The lowest BCUT2D eigenvalue weighted by atomic mass is 10.1. The van der Waals surface area contributed by atoms with Gasteiger partial charge in [0, 0.05) is 0 Å². The number of nitrogens with one attached hydrogen (secondary N) is 1. The van der Waals surface area contributed by atoms with E-state index in [1.807, 2.05) is 12.1 Å². The first-order valence-electron chi connectivity index (χ1n) is 7.45. The smallest absolute Gasteiger partial charge is 0.252 e. The Hall–Kier alpha value is -2.00. The van der Waals surface area contributed by atoms with E-state index < -0.39 is 0 Å². The fraction of sp³-hybridized carbons (Fsp3) is 0.278. The lowest BCUT2D eigenvalue weighted by Crippen LogP contribution is -2.28. The van der Waals surface area contributed by atoms with Gasteiger partial charge in [0.2, 0.25) is 0 Å². The zero-order valence-corrected chi connectivity index (χ0v) is 13.4. The van der Waals surface area contributed by atoms with Gasteiger partial charge >= 0.3 is 0 Å². The molecule has 0 atom stereocenters. The summed E-state index contributed by atoms with van der Waals surface area (Å²) >= 11 is 5.98. The Kier molecular flexibility index (Phi) is 6.28. The quantitative estimate of drug-likeness (QED) is 0.781. The molecule has 0 bridgehead atoms. The Morgan fingerprint density at radius 1 is 1.14 bits per heavy atom. The van der Waals surface area contributed by atoms with Gasteiger partial charge in [-0.3, -0.25) is 4.79 Å². The van der Waals surface area contributed by atoms with Crippen molar-refractivity contribution in [2.45, 2.75) is 19.8 Å². The number of amides is 1. The van der Waals surface area contributed by atoms with Crippen molar-refractivity contribution in [1.82, 2.24) is 5.32 Å². The van der Waals surface area contributed by atoms with Crippen molar-refractivity contribution in [3.8, 4) is 5.75 Å². The van der Waals surface area contributed by atoms with E-state index in [-0.39, 0.29) is 5.91 Å². The molecule has 1 N–H and O–H groups in total. The van der Waals surface area contributed by atoms with Crippen molar-refractivity contribution in [1.29, 1.82) is 0 Å². The Balaban J connectivity index is 1.75. The minimum Gasteiger partial charge on any atom is -0.492 e. The molecule has 22 heavy (non-hydrogen) atoms. The normalized spacial score (nSPS) is 10.3. The molecule has 116 valence electrons. The highest BCUT2D eigenvalue weighted by atomic mass is 35.5. The van der Waals surface area contributed by atoms with Crippen LogP contribution >= 0.6 is 11.6 Å². The van der Waals surface area contributed by atoms with Crippen LogP contribution in [0.25, 0.3) is 0 Å². The molecule has 0 saturated heterocycles. The highest BCUT2D eigenvalue weighted by Gasteiger charge is 2.08. The molecule has 0 saturated carbocycles. The lowest BCUT2D eigenvalue weighted by Gasteiger charge is -2.09. The predicted molar refractivity (Wildman–Crippen MR) is 89.7 cm³/mol. The summed E-state index contributed by atoms with van der Waals surface area (Å²) in [5.41, 5.74) is 1.79. The zero-order chi connectivity index (χ0) is 15.8. The fourth-order valence-electron chi connectivity index (χ4n) is 2.12. The van der Waals surface area contributed by atoms with Crippen LogP contribution in [-0.2, 0) is 6.42 Å². The first-order valence-corrected chi connectivity index (χ1v) is 7.83. The van der Waals surface area contributed by atoms with E-state index in [0.29, 0.717) is 23.7 Å². The minimum atomic E-state index is -0.188. The van der Waals surface area contributed by atoms with Crippen molar-refractivity contribution in [2.24, 2.45) is 0 Å². The zero-order valence-electron chi connectivity index (χ0n) is 12.6. The number of halogens is 1. The van der Waals surface area contributed by atoms with Crippen LogP contribution in [0.2, 0.25) is 5.02 Å². The third kappa shape index (κ3) is 4.78. The molecule has 0 spiro atoms. The van der Waals surface area contributed by atoms with Crippen molar-refractivity contribution < 1.29 is 9.53 Å². The maximum Gasteiger partial charge on any atom is 0.252 e. The van der Waals surface area contributed by atoms with E-state index in [1.165, 1.54) is 5.56 Å². The van der Waals surface area contributed by atoms with Gasteiger partial charge in [-0.15, -0.1) is 0 Å². The van der Waals surface area contributed by atoms with Crippen molar-refractivity contribution in [3.05, 3.63) is 64.7 Å². The van der Waals surface area contributed by atoms with Gasteiger partial charge < -0.3 is 10.1 Å². The van der Waals surface area contributed by atoms with Gasteiger partial charge in [-0.2, -0.15) is 0 Å². The number of ether oxygens (including phenoxy) is 1. The SMILES string of the molecule is CCCc1ccc(OCCNC(=O)c2ccccc2Cl)cc1. The van der Waals surface area contributed by atoms with Crippen molar-refractivity contribution in [3.63, 3.8) is 0 Å². The standard InChI is InChI=1S/C18H20ClNO2/c1-2-5-14-8-10-15(11-9-14)22-13-12-20-18(21)16-6-3-4-7-17(16)19/h3-4,6-11H,2,5,12-13H2,1H3,(H,20,21). The van der Waals surface area contributed by atoms with Gasteiger partial charge in [-0.1, -0.05) is 49.2 Å². The number of carbonyl (C=O) groups is 1. The molecule has 2 rings (SSSR count). The summed E-state index contributed by atoms with van der Waals surface area (Å²) in [5.74, 6) is 0.624. The van der Waals surface area contributed by atoms with Gasteiger partial charge in [-0.25, -0.2) is 0 Å². The van der Waals surface area contributed by atoms with E-state index in [2.05, 4.69) is 24.4 Å². The average molecular weight is 318 g/mol. The van der Waals surface area contributed by atoms with Gasteiger partial charge in [0.1, 0.15) is 12.4 Å². The molecule has 0 radical (unpaired) electrons. The maximum atomic E-state index is 11.9. The monoisotopic (exact) mass is 317 g/mol. The molecule has 0 aliphatic carbocycles. The first-order chi connectivity index (χ1) is 10.7. The van der Waals surface area contributed by atoms with E-state index in [4.69, 9.17) is 16.3 Å². The highest BCUT2D eigenvalue weighted by molar-refractivity contribution is 6.33. The fourth-order valence-corrected chi connectivity index (χ4v) is 2.34. The number of rotatable bonds is 7. The van der Waals surface area contributed by atoms with Crippen LogP contribution < -0.4 is 10.1 Å². The molecule has 4 heteroatoms. The van der Waals surface area contributed by atoms with Crippen LogP contribution in [0.1, 0.15) is 29.3 Å². The number of aryl methyl sites for hydroxylation is 1. The van der Waals surface area contributed by atoms with E-state index in [1.54, 1.807) is 24.3 Å². The molecule has 2 aromatic rings. The van der Waals surface area contributed by atoms with Gasteiger partial charge in [0.05, 0.1) is 17.1 Å². The first kappa shape index (κ1) is 16.4. The number of hydrogen-bond acceptors (Lipinski definition) is 2. The van der Waals surface area contributed by atoms with Gasteiger partial charge in [0.25, 0.3) is 5.91 Å². The summed E-state index contributed by atoms with van der Waals surface area (Å²) in [4.78, 5) is 11.9. The van der Waals surface area contributed by atoms with Crippen LogP contribution in [0.15, 0.2) is 48.5 Å². The summed E-state index contributed by atoms with van der Waals surface area (Å²) < 4.78 is 5.61. The molecular weight excluding hydrogens is 298 g/mol. The van der Waals surface area contributed by atoms with Crippen LogP contribution in [0.3, 0.4) is 0 Å². The van der Waals surface area contributed by atoms with Crippen LogP contribution in [0, 0.1) is 0 Å². The van der Waals surface area contributed by atoms with Crippen LogP contribution in [0.4, 0.5) is 0 Å². The molecule has 0 heterocycles. The third-order valence-electron chi connectivity index (χ3n) is 3.24. The minimum absolute atomic E-state index is 0.188. The lowest BCUT2D eigenvalue weighted by molar-refractivity contribution is 0.0947.